The zero-order chi connectivity index (χ0) is 24.9. The molecule has 1 aliphatic rings. The van der Waals surface area contributed by atoms with Gasteiger partial charge in [0.1, 0.15) is 21.9 Å². The topological polar surface area (TPSA) is 139 Å². The number of nitrogens with zero attached hydrogens (tertiary/aromatic N) is 3. The van der Waals surface area contributed by atoms with Crippen molar-refractivity contribution in [3.63, 3.8) is 0 Å². The van der Waals surface area contributed by atoms with Crippen LogP contribution >= 0.6 is 0 Å². The van der Waals surface area contributed by atoms with Crippen LogP contribution in [0.15, 0.2) is 73.2 Å². The summed E-state index contributed by atoms with van der Waals surface area (Å²) >= 11 is 0. The predicted molar refractivity (Wildman–Crippen MR) is 126 cm³/mol. The quantitative estimate of drug-likeness (QED) is 0.392. The minimum atomic E-state index is -3.94. The van der Waals surface area contributed by atoms with Gasteiger partial charge in [-0.2, -0.15) is 0 Å². The summed E-state index contributed by atoms with van der Waals surface area (Å²) in [7, 11) is -3.94. The number of nitrogens with one attached hydrogen (secondary N) is 1. The molecule has 35 heavy (non-hydrogen) atoms. The summed E-state index contributed by atoms with van der Waals surface area (Å²) in [5.74, 6) is -0.531. The minimum absolute atomic E-state index is 0.0480. The van der Waals surface area contributed by atoms with Gasteiger partial charge in [-0.3, -0.25) is 19.8 Å². The molecule has 2 N–H and O–H groups in total. The maximum absolute atomic E-state index is 13.6. The Morgan fingerprint density at radius 2 is 1.74 bits per heavy atom. The standard InChI is InChI=1S/C24H24N4O6S/c29-22(27-31)16-24(18-6-8-20(9-7-18)34-19-4-2-1-3-5-19)10-13-28(14-15-35(24,32)33)23(30)21-17-25-11-12-26-21/h1-9,11-12,17,31H,10,13-16H2,(H,27,29). The van der Waals surface area contributed by atoms with E-state index in [0.717, 1.165) is 0 Å². The molecule has 2 aromatic carbocycles. The highest BCUT2D eigenvalue weighted by Crippen LogP contribution is 2.41. The first kappa shape index (κ1) is 24.3. The van der Waals surface area contributed by atoms with Gasteiger partial charge < -0.3 is 9.64 Å². The van der Waals surface area contributed by atoms with Crippen molar-refractivity contribution < 1.29 is 28.0 Å². The number of hydrogen-bond donors (Lipinski definition) is 2. The largest absolute Gasteiger partial charge is 0.457 e. The van der Waals surface area contributed by atoms with Crippen molar-refractivity contribution in [2.24, 2.45) is 0 Å². The maximum atomic E-state index is 13.6. The van der Waals surface area contributed by atoms with E-state index in [9.17, 15) is 23.2 Å². The summed E-state index contributed by atoms with van der Waals surface area (Å²) < 4.78 is 31.3. The van der Waals surface area contributed by atoms with Crippen LogP contribution in [0.25, 0.3) is 0 Å². The van der Waals surface area contributed by atoms with Crippen molar-refractivity contribution in [2.45, 2.75) is 17.6 Å². The minimum Gasteiger partial charge on any atom is -0.457 e. The Kier molecular flexibility index (Phi) is 7.08. The Balaban J connectivity index is 1.66. The van der Waals surface area contributed by atoms with Crippen LogP contribution in [0, 0.1) is 0 Å². The van der Waals surface area contributed by atoms with Gasteiger partial charge in [0.15, 0.2) is 9.84 Å². The Morgan fingerprint density at radius 3 is 2.40 bits per heavy atom. The number of carbonyl (C=O) groups is 2. The highest BCUT2D eigenvalue weighted by molar-refractivity contribution is 7.92. The lowest BCUT2D eigenvalue weighted by atomic mass is 9.90. The summed E-state index contributed by atoms with van der Waals surface area (Å²) in [5.41, 5.74) is 2.02. The second kappa shape index (κ2) is 10.2. The molecule has 4 rings (SSSR count). The molecule has 3 aromatic rings. The van der Waals surface area contributed by atoms with E-state index < -0.39 is 32.8 Å². The molecular formula is C24H24N4O6S. The van der Waals surface area contributed by atoms with Gasteiger partial charge in [-0.25, -0.2) is 18.9 Å². The van der Waals surface area contributed by atoms with E-state index in [4.69, 9.17) is 4.74 Å². The van der Waals surface area contributed by atoms with E-state index in [0.29, 0.717) is 17.1 Å². The molecule has 1 aromatic heterocycles. The fourth-order valence-corrected chi connectivity index (χ4v) is 6.26. The van der Waals surface area contributed by atoms with Gasteiger partial charge in [-0.05, 0) is 36.2 Å². The van der Waals surface area contributed by atoms with Gasteiger partial charge in [0.25, 0.3) is 5.91 Å². The monoisotopic (exact) mass is 496 g/mol. The van der Waals surface area contributed by atoms with Crippen LogP contribution in [0.4, 0.5) is 0 Å². The zero-order valence-corrected chi connectivity index (χ0v) is 19.5. The predicted octanol–water partition coefficient (Wildman–Crippen LogP) is 2.32. The highest BCUT2D eigenvalue weighted by atomic mass is 32.2. The summed E-state index contributed by atoms with van der Waals surface area (Å²) in [4.78, 5) is 34.5. The van der Waals surface area contributed by atoms with Crippen molar-refractivity contribution in [3.05, 3.63) is 84.4 Å². The molecule has 1 saturated heterocycles. The number of amides is 2. The van der Waals surface area contributed by atoms with E-state index in [1.807, 2.05) is 18.2 Å². The lowest BCUT2D eigenvalue weighted by Crippen LogP contribution is -2.42. The highest BCUT2D eigenvalue weighted by Gasteiger charge is 2.49. The van der Waals surface area contributed by atoms with Crippen molar-refractivity contribution in [1.82, 2.24) is 20.3 Å². The average molecular weight is 497 g/mol. The normalized spacial score (nSPS) is 19.4. The van der Waals surface area contributed by atoms with E-state index in [1.54, 1.807) is 41.9 Å². The first-order chi connectivity index (χ1) is 16.8. The Morgan fingerprint density at radius 1 is 1.03 bits per heavy atom. The van der Waals surface area contributed by atoms with Crippen LogP contribution < -0.4 is 10.2 Å². The summed E-state index contributed by atoms with van der Waals surface area (Å²) in [5, 5.41) is 9.17. The second-order valence-corrected chi connectivity index (χ2v) is 10.5. The average Bonchev–Trinajstić information content (AvgIpc) is 3.01. The Labute approximate surface area is 202 Å². The van der Waals surface area contributed by atoms with Crippen LogP contribution in [0.5, 0.6) is 11.5 Å². The lowest BCUT2D eigenvalue weighted by molar-refractivity contribution is -0.130. The molecular weight excluding hydrogens is 472 g/mol. The van der Waals surface area contributed by atoms with Gasteiger partial charge in [0, 0.05) is 25.5 Å². The molecule has 2 heterocycles. The van der Waals surface area contributed by atoms with Crippen LogP contribution in [-0.4, -0.2) is 59.1 Å². The molecule has 2 amide bonds. The molecule has 182 valence electrons. The number of ether oxygens (including phenoxy) is 1. The van der Waals surface area contributed by atoms with Gasteiger partial charge in [-0.15, -0.1) is 0 Å². The number of hydrogen-bond acceptors (Lipinski definition) is 8. The number of para-hydroxylation sites is 1. The summed E-state index contributed by atoms with van der Waals surface area (Å²) in [6, 6.07) is 15.6. The third-order valence-electron chi connectivity index (χ3n) is 6.01. The first-order valence-corrected chi connectivity index (χ1v) is 12.5. The van der Waals surface area contributed by atoms with E-state index in [-0.39, 0.29) is 31.0 Å². The van der Waals surface area contributed by atoms with E-state index in [1.165, 1.54) is 23.5 Å². The van der Waals surface area contributed by atoms with Crippen molar-refractivity contribution in [2.75, 3.05) is 18.8 Å². The first-order valence-electron chi connectivity index (χ1n) is 10.9. The number of benzene rings is 2. The molecule has 0 spiro atoms. The van der Waals surface area contributed by atoms with Gasteiger partial charge in [0.05, 0.1) is 18.4 Å². The van der Waals surface area contributed by atoms with Gasteiger partial charge >= 0.3 is 0 Å². The maximum Gasteiger partial charge on any atom is 0.274 e. The van der Waals surface area contributed by atoms with Crippen molar-refractivity contribution in [1.29, 1.82) is 0 Å². The second-order valence-electron chi connectivity index (χ2n) is 8.10. The summed E-state index contributed by atoms with van der Waals surface area (Å²) in [6.45, 7) is 0.00501. The number of aromatic nitrogens is 2. The van der Waals surface area contributed by atoms with Crippen molar-refractivity contribution in [3.8, 4) is 11.5 Å². The lowest BCUT2D eigenvalue weighted by Gasteiger charge is -2.32. The van der Waals surface area contributed by atoms with Gasteiger partial charge in [-0.1, -0.05) is 30.3 Å². The molecule has 1 fully saturated rings. The number of rotatable bonds is 6. The molecule has 0 aliphatic carbocycles. The van der Waals surface area contributed by atoms with Gasteiger partial charge in [0.2, 0.25) is 5.91 Å². The smallest absolute Gasteiger partial charge is 0.274 e. The van der Waals surface area contributed by atoms with Crippen LogP contribution in [0.2, 0.25) is 0 Å². The zero-order valence-electron chi connectivity index (χ0n) is 18.7. The van der Waals surface area contributed by atoms with Crippen molar-refractivity contribution >= 4 is 21.7 Å². The van der Waals surface area contributed by atoms with E-state index in [2.05, 4.69) is 9.97 Å². The molecule has 0 bridgehead atoms. The van der Waals surface area contributed by atoms with Crippen LogP contribution in [0.1, 0.15) is 28.9 Å². The molecule has 11 heteroatoms. The Bertz CT molecular complexity index is 1290. The molecule has 10 nitrogen and oxygen atoms in total. The Hall–Kier alpha value is -3.83. The number of hydroxylamine groups is 1. The van der Waals surface area contributed by atoms with Crippen LogP contribution in [-0.2, 0) is 19.4 Å². The molecule has 1 unspecified atom stereocenters. The number of sulfone groups is 1. The van der Waals surface area contributed by atoms with E-state index >= 15 is 0 Å². The fraction of sp³-hybridized carbons (Fsp3) is 0.250. The van der Waals surface area contributed by atoms with Crippen LogP contribution in [0.3, 0.4) is 0 Å². The molecule has 0 radical (unpaired) electrons. The SMILES string of the molecule is O=C(CC1(c2ccc(Oc3ccccc3)cc2)CCN(C(=O)c2cnccn2)CCS1(=O)=O)NO. The number of carbonyl (C=O) groups excluding carboxylic acids is 2. The molecule has 1 aliphatic heterocycles. The molecule has 0 saturated carbocycles. The third kappa shape index (κ3) is 5.15. The molecule has 1 atom stereocenters. The third-order valence-corrected chi connectivity index (χ3v) is 8.51. The summed E-state index contributed by atoms with van der Waals surface area (Å²) in [6.07, 6.45) is 3.59. The fourth-order valence-electron chi connectivity index (χ4n) is 4.16.